The second-order valence-electron chi connectivity index (χ2n) is 6.44. The average Bonchev–Trinajstić information content (AvgIpc) is 2.70. The van der Waals surface area contributed by atoms with Crippen LogP contribution in [0.2, 0.25) is 0 Å². The van der Waals surface area contributed by atoms with Crippen molar-refractivity contribution in [3.05, 3.63) is 54.1 Å². The Bertz CT molecular complexity index is 770. The molecule has 0 saturated carbocycles. The zero-order valence-electron chi connectivity index (χ0n) is 16.1. The van der Waals surface area contributed by atoms with Crippen LogP contribution in [-0.4, -0.2) is 55.8 Å². The molecule has 0 spiro atoms. The Balaban J connectivity index is 1.55. The molecule has 1 aliphatic rings. The fraction of sp³-hybridized carbons (Fsp3) is 0.381. The molecular weight excluding hydrogens is 340 g/mol. The number of piperazine rings is 1. The van der Waals surface area contributed by atoms with E-state index >= 15 is 0 Å². The van der Waals surface area contributed by atoms with Gasteiger partial charge in [0.2, 0.25) is 0 Å². The lowest BCUT2D eigenvalue weighted by Crippen LogP contribution is -2.52. The number of ether oxygens (including phenoxy) is 1. The third-order valence-corrected chi connectivity index (χ3v) is 4.67. The van der Waals surface area contributed by atoms with Crippen molar-refractivity contribution < 1.29 is 9.84 Å². The van der Waals surface area contributed by atoms with Gasteiger partial charge in [-0.2, -0.15) is 0 Å². The molecule has 2 N–H and O–H groups in total. The Labute approximate surface area is 161 Å². The Morgan fingerprint density at radius 2 is 1.89 bits per heavy atom. The summed E-state index contributed by atoms with van der Waals surface area (Å²) in [7, 11) is 1.81. The molecule has 1 saturated heterocycles. The summed E-state index contributed by atoms with van der Waals surface area (Å²) in [5.41, 5.74) is 2.06. The van der Waals surface area contributed by atoms with Crippen molar-refractivity contribution in [1.29, 1.82) is 0 Å². The fourth-order valence-corrected chi connectivity index (χ4v) is 3.32. The van der Waals surface area contributed by atoms with Crippen molar-refractivity contribution in [2.24, 2.45) is 4.99 Å². The van der Waals surface area contributed by atoms with E-state index in [4.69, 9.17) is 4.74 Å². The van der Waals surface area contributed by atoms with Crippen molar-refractivity contribution in [3.8, 4) is 11.5 Å². The van der Waals surface area contributed by atoms with E-state index in [2.05, 4.69) is 32.2 Å². The number of guanidine groups is 1. The molecule has 0 atom stereocenters. The van der Waals surface area contributed by atoms with E-state index in [-0.39, 0.29) is 0 Å². The van der Waals surface area contributed by atoms with Crippen LogP contribution in [0.4, 0.5) is 5.69 Å². The summed E-state index contributed by atoms with van der Waals surface area (Å²) in [6, 6.07) is 15.6. The number of benzene rings is 2. The topological polar surface area (TPSA) is 60.3 Å². The summed E-state index contributed by atoms with van der Waals surface area (Å²) in [6.07, 6.45) is 0. The minimum Gasteiger partial charge on any atom is -0.506 e. The number of nitrogens with one attached hydrogen (secondary N) is 1. The minimum atomic E-state index is 0.336. The lowest BCUT2D eigenvalue weighted by molar-refractivity contribution is 0.339. The zero-order chi connectivity index (χ0) is 19.1. The van der Waals surface area contributed by atoms with E-state index in [1.54, 1.807) is 6.07 Å². The number of phenols is 1. The molecule has 27 heavy (non-hydrogen) atoms. The van der Waals surface area contributed by atoms with E-state index in [0.29, 0.717) is 18.9 Å². The van der Waals surface area contributed by atoms with Gasteiger partial charge in [-0.15, -0.1) is 0 Å². The van der Waals surface area contributed by atoms with Crippen LogP contribution in [0.3, 0.4) is 0 Å². The SMILES string of the molecule is CCOc1cccc(CNC(=NC)N2CCN(c3ccccc3O)CC2)c1. The fourth-order valence-electron chi connectivity index (χ4n) is 3.32. The van der Waals surface area contributed by atoms with Crippen LogP contribution in [0.15, 0.2) is 53.5 Å². The zero-order valence-corrected chi connectivity index (χ0v) is 16.1. The van der Waals surface area contributed by atoms with Gasteiger partial charge >= 0.3 is 0 Å². The van der Waals surface area contributed by atoms with Gasteiger partial charge in [0.25, 0.3) is 0 Å². The molecule has 0 amide bonds. The predicted molar refractivity (Wildman–Crippen MR) is 110 cm³/mol. The summed E-state index contributed by atoms with van der Waals surface area (Å²) >= 11 is 0. The van der Waals surface area contributed by atoms with Crippen LogP contribution < -0.4 is 15.0 Å². The lowest BCUT2D eigenvalue weighted by Gasteiger charge is -2.37. The van der Waals surface area contributed by atoms with Crippen molar-refractivity contribution in [2.75, 3.05) is 44.7 Å². The van der Waals surface area contributed by atoms with Crippen molar-refractivity contribution in [1.82, 2.24) is 10.2 Å². The maximum Gasteiger partial charge on any atom is 0.194 e. The molecule has 144 valence electrons. The monoisotopic (exact) mass is 368 g/mol. The Hall–Kier alpha value is -2.89. The van der Waals surface area contributed by atoms with E-state index in [9.17, 15) is 5.11 Å². The number of rotatable bonds is 5. The van der Waals surface area contributed by atoms with Gasteiger partial charge in [-0.1, -0.05) is 24.3 Å². The number of aromatic hydroxyl groups is 1. The molecule has 2 aromatic rings. The van der Waals surface area contributed by atoms with Crippen molar-refractivity contribution >= 4 is 11.6 Å². The molecule has 0 aliphatic carbocycles. The molecule has 1 fully saturated rings. The number of phenolic OH excluding ortho intramolecular Hbond substituents is 1. The summed E-state index contributed by atoms with van der Waals surface area (Å²) in [5.74, 6) is 2.12. The van der Waals surface area contributed by atoms with Crippen LogP contribution in [0, 0.1) is 0 Å². The molecule has 1 aliphatic heterocycles. The van der Waals surface area contributed by atoms with Crippen LogP contribution in [0.1, 0.15) is 12.5 Å². The summed E-state index contributed by atoms with van der Waals surface area (Å²) in [5, 5.41) is 13.5. The smallest absolute Gasteiger partial charge is 0.194 e. The minimum absolute atomic E-state index is 0.336. The molecule has 3 rings (SSSR count). The van der Waals surface area contributed by atoms with E-state index in [0.717, 1.165) is 49.1 Å². The maximum absolute atomic E-state index is 10.1. The van der Waals surface area contributed by atoms with Crippen LogP contribution in [0.25, 0.3) is 0 Å². The molecule has 0 unspecified atom stereocenters. The highest BCUT2D eigenvalue weighted by atomic mass is 16.5. The molecule has 0 aromatic heterocycles. The highest BCUT2D eigenvalue weighted by Crippen LogP contribution is 2.27. The first kappa shape index (κ1) is 18.9. The number of hydrogen-bond acceptors (Lipinski definition) is 4. The Kier molecular flexibility index (Phi) is 6.41. The van der Waals surface area contributed by atoms with Gasteiger partial charge in [0.15, 0.2) is 5.96 Å². The quantitative estimate of drug-likeness (QED) is 0.628. The Morgan fingerprint density at radius 1 is 1.11 bits per heavy atom. The number of hydrogen-bond donors (Lipinski definition) is 2. The third-order valence-electron chi connectivity index (χ3n) is 4.67. The van der Waals surface area contributed by atoms with Gasteiger partial charge < -0.3 is 25.0 Å². The molecule has 0 radical (unpaired) electrons. The third kappa shape index (κ3) is 4.84. The van der Waals surface area contributed by atoms with Crippen LogP contribution in [0.5, 0.6) is 11.5 Å². The van der Waals surface area contributed by atoms with Crippen molar-refractivity contribution in [2.45, 2.75) is 13.5 Å². The predicted octanol–water partition coefficient (Wildman–Crippen LogP) is 2.69. The second kappa shape index (κ2) is 9.16. The molecule has 1 heterocycles. The van der Waals surface area contributed by atoms with Gasteiger partial charge in [-0.25, -0.2) is 0 Å². The number of anilines is 1. The molecule has 2 aromatic carbocycles. The van der Waals surface area contributed by atoms with Gasteiger partial charge in [-0.3, -0.25) is 4.99 Å². The molecule has 6 heteroatoms. The number of aliphatic imine (C=N–C) groups is 1. The molecular formula is C21H28N4O2. The largest absolute Gasteiger partial charge is 0.506 e. The summed E-state index contributed by atoms with van der Waals surface area (Å²) in [4.78, 5) is 8.90. The maximum atomic E-state index is 10.1. The van der Waals surface area contributed by atoms with Gasteiger partial charge in [0.05, 0.1) is 12.3 Å². The second-order valence-corrected chi connectivity index (χ2v) is 6.44. The normalized spacial score (nSPS) is 15.0. The van der Waals surface area contributed by atoms with Crippen LogP contribution >= 0.6 is 0 Å². The van der Waals surface area contributed by atoms with Crippen LogP contribution in [-0.2, 0) is 6.54 Å². The molecule has 0 bridgehead atoms. The van der Waals surface area contributed by atoms with Crippen molar-refractivity contribution in [3.63, 3.8) is 0 Å². The average molecular weight is 368 g/mol. The van der Waals surface area contributed by atoms with Gasteiger partial charge in [0.1, 0.15) is 11.5 Å². The highest BCUT2D eigenvalue weighted by molar-refractivity contribution is 5.80. The molecule has 6 nitrogen and oxygen atoms in total. The number of nitrogens with zero attached hydrogens (tertiary/aromatic N) is 3. The first-order valence-electron chi connectivity index (χ1n) is 9.41. The van der Waals surface area contributed by atoms with E-state index in [1.807, 2.05) is 44.3 Å². The van der Waals surface area contributed by atoms with E-state index < -0.39 is 0 Å². The van der Waals surface area contributed by atoms with Gasteiger partial charge in [-0.05, 0) is 36.8 Å². The first-order valence-corrected chi connectivity index (χ1v) is 9.41. The lowest BCUT2D eigenvalue weighted by atomic mass is 10.2. The highest BCUT2D eigenvalue weighted by Gasteiger charge is 2.21. The number of para-hydroxylation sites is 2. The van der Waals surface area contributed by atoms with E-state index in [1.165, 1.54) is 0 Å². The standard InChI is InChI=1S/C21H28N4O2/c1-3-27-18-8-6-7-17(15-18)16-23-21(22-2)25-13-11-24(12-14-25)19-9-4-5-10-20(19)26/h4-10,15,26H,3,11-14,16H2,1-2H3,(H,22,23). The van der Waals surface area contributed by atoms with Gasteiger partial charge in [0, 0.05) is 39.8 Å². The summed E-state index contributed by atoms with van der Waals surface area (Å²) < 4.78 is 5.57. The first-order chi connectivity index (χ1) is 13.2. The summed E-state index contributed by atoms with van der Waals surface area (Å²) in [6.45, 7) is 6.75. The Morgan fingerprint density at radius 3 is 2.59 bits per heavy atom.